The van der Waals surface area contributed by atoms with Crippen molar-refractivity contribution in [2.24, 2.45) is 0 Å². The number of anilines is 1. The predicted octanol–water partition coefficient (Wildman–Crippen LogP) is 4.14. The molecule has 0 unspecified atom stereocenters. The fourth-order valence-corrected chi connectivity index (χ4v) is 2.34. The molecule has 3 rings (SSSR count). The Morgan fingerprint density at radius 3 is 2.04 bits per heavy atom. The molecule has 23 heavy (non-hydrogen) atoms. The molecular weight excluding hydrogens is 335 g/mol. The second kappa shape index (κ2) is 6.60. The van der Waals surface area contributed by atoms with Crippen molar-refractivity contribution in [2.45, 2.75) is 18.9 Å². The first-order valence-electron chi connectivity index (χ1n) is 7.20. The molecule has 118 valence electrons. The Bertz CT molecular complexity index is 756. The van der Waals surface area contributed by atoms with Gasteiger partial charge in [0.05, 0.1) is 10.0 Å². The summed E-state index contributed by atoms with van der Waals surface area (Å²) < 4.78 is 0. The van der Waals surface area contributed by atoms with Crippen molar-refractivity contribution in [1.29, 1.82) is 0 Å². The first kappa shape index (κ1) is 15.8. The molecule has 0 bridgehead atoms. The molecule has 6 heteroatoms. The van der Waals surface area contributed by atoms with Crippen LogP contribution in [0.15, 0.2) is 42.5 Å². The van der Waals surface area contributed by atoms with Crippen molar-refractivity contribution >= 4 is 40.7 Å². The van der Waals surface area contributed by atoms with Gasteiger partial charge >= 0.3 is 0 Å². The Labute approximate surface area is 143 Å². The van der Waals surface area contributed by atoms with Crippen LogP contribution < -0.4 is 10.6 Å². The van der Waals surface area contributed by atoms with Gasteiger partial charge in [-0.3, -0.25) is 9.59 Å². The molecule has 0 radical (unpaired) electrons. The SMILES string of the molecule is O=C(Nc1ccc(Cl)c(Cl)c1)c1ccc(C(=O)NC2CC2)cc1. The van der Waals surface area contributed by atoms with Crippen molar-refractivity contribution in [1.82, 2.24) is 5.32 Å². The number of amides is 2. The van der Waals surface area contributed by atoms with Crippen LogP contribution in [0.5, 0.6) is 0 Å². The summed E-state index contributed by atoms with van der Waals surface area (Å²) in [6.07, 6.45) is 2.08. The van der Waals surface area contributed by atoms with Gasteiger partial charge in [0.25, 0.3) is 11.8 Å². The van der Waals surface area contributed by atoms with Crippen LogP contribution in [0.1, 0.15) is 33.6 Å². The van der Waals surface area contributed by atoms with Gasteiger partial charge in [-0.1, -0.05) is 23.2 Å². The minimum absolute atomic E-state index is 0.107. The summed E-state index contributed by atoms with van der Waals surface area (Å²) in [6, 6.07) is 11.7. The van der Waals surface area contributed by atoms with Crippen LogP contribution in [0.3, 0.4) is 0 Å². The number of rotatable bonds is 4. The highest BCUT2D eigenvalue weighted by Crippen LogP contribution is 2.25. The summed E-state index contributed by atoms with van der Waals surface area (Å²) in [7, 11) is 0. The summed E-state index contributed by atoms with van der Waals surface area (Å²) in [5.74, 6) is -0.388. The highest BCUT2D eigenvalue weighted by molar-refractivity contribution is 6.42. The third-order valence-electron chi connectivity index (χ3n) is 3.50. The Kier molecular flexibility index (Phi) is 4.55. The van der Waals surface area contributed by atoms with E-state index in [-0.39, 0.29) is 11.8 Å². The number of benzene rings is 2. The van der Waals surface area contributed by atoms with Gasteiger partial charge in [-0.25, -0.2) is 0 Å². The average molecular weight is 349 g/mol. The van der Waals surface area contributed by atoms with E-state index in [1.165, 1.54) is 0 Å². The van der Waals surface area contributed by atoms with E-state index in [1.54, 1.807) is 42.5 Å². The van der Waals surface area contributed by atoms with E-state index in [4.69, 9.17) is 23.2 Å². The van der Waals surface area contributed by atoms with Gasteiger partial charge in [0, 0.05) is 22.9 Å². The van der Waals surface area contributed by atoms with Crippen molar-refractivity contribution in [3.63, 3.8) is 0 Å². The maximum absolute atomic E-state index is 12.2. The maximum Gasteiger partial charge on any atom is 0.255 e. The summed E-state index contributed by atoms with van der Waals surface area (Å²) in [5, 5.41) is 6.44. The van der Waals surface area contributed by atoms with E-state index in [0.717, 1.165) is 12.8 Å². The quantitative estimate of drug-likeness (QED) is 0.872. The molecule has 1 aliphatic carbocycles. The molecule has 0 spiro atoms. The van der Waals surface area contributed by atoms with Crippen LogP contribution in [-0.2, 0) is 0 Å². The Morgan fingerprint density at radius 1 is 0.870 bits per heavy atom. The van der Waals surface area contributed by atoms with Crippen LogP contribution in [0.25, 0.3) is 0 Å². The third kappa shape index (κ3) is 4.03. The maximum atomic E-state index is 12.2. The monoisotopic (exact) mass is 348 g/mol. The zero-order valence-corrected chi connectivity index (χ0v) is 13.6. The van der Waals surface area contributed by atoms with Crippen molar-refractivity contribution in [3.8, 4) is 0 Å². The van der Waals surface area contributed by atoms with E-state index in [0.29, 0.717) is 32.9 Å². The fourth-order valence-electron chi connectivity index (χ4n) is 2.05. The largest absolute Gasteiger partial charge is 0.349 e. The second-order valence-corrected chi connectivity index (χ2v) is 6.22. The smallest absolute Gasteiger partial charge is 0.255 e. The van der Waals surface area contributed by atoms with Gasteiger partial charge in [-0.05, 0) is 55.3 Å². The summed E-state index contributed by atoms with van der Waals surface area (Å²) in [5.41, 5.74) is 1.56. The molecule has 0 aromatic heterocycles. The number of hydrogen-bond acceptors (Lipinski definition) is 2. The van der Waals surface area contributed by atoms with Crippen LogP contribution in [0.4, 0.5) is 5.69 Å². The molecule has 0 aliphatic heterocycles. The van der Waals surface area contributed by atoms with E-state index < -0.39 is 0 Å². The summed E-state index contributed by atoms with van der Waals surface area (Å²) >= 11 is 11.8. The lowest BCUT2D eigenvalue weighted by molar-refractivity contribution is 0.0949. The standard InChI is InChI=1S/C17H14Cl2N2O2/c18-14-8-7-13(9-15(14)19)21-17(23)11-3-1-10(2-4-11)16(22)20-12-5-6-12/h1-4,7-9,12H,5-6H2,(H,20,22)(H,21,23). The second-order valence-electron chi connectivity index (χ2n) is 5.41. The van der Waals surface area contributed by atoms with Gasteiger partial charge in [0.2, 0.25) is 0 Å². The summed E-state index contributed by atoms with van der Waals surface area (Å²) in [6.45, 7) is 0. The van der Waals surface area contributed by atoms with E-state index >= 15 is 0 Å². The van der Waals surface area contributed by atoms with Gasteiger partial charge < -0.3 is 10.6 Å². The van der Waals surface area contributed by atoms with Crippen LogP contribution in [0.2, 0.25) is 10.0 Å². The fraction of sp³-hybridized carbons (Fsp3) is 0.176. The topological polar surface area (TPSA) is 58.2 Å². The van der Waals surface area contributed by atoms with Gasteiger partial charge in [0.15, 0.2) is 0 Å². The van der Waals surface area contributed by atoms with E-state index in [2.05, 4.69) is 10.6 Å². The average Bonchev–Trinajstić information content (AvgIpc) is 3.35. The number of hydrogen-bond donors (Lipinski definition) is 2. The predicted molar refractivity (Wildman–Crippen MR) is 91.3 cm³/mol. The van der Waals surface area contributed by atoms with Gasteiger partial charge in [-0.2, -0.15) is 0 Å². The highest BCUT2D eigenvalue weighted by Gasteiger charge is 2.23. The van der Waals surface area contributed by atoms with Crippen LogP contribution in [0, 0.1) is 0 Å². The van der Waals surface area contributed by atoms with E-state index in [9.17, 15) is 9.59 Å². The van der Waals surface area contributed by atoms with Gasteiger partial charge in [0.1, 0.15) is 0 Å². The molecule has 2 aromatic carbocycles. The number of nitrogens with one attached hydrogen (secondary N) is 2. The van der Waals surface area contributed by atoms with Gasteiger partial charge in [-0.15, -0.1) is 0 Å². The van der Waals surface area contributed by atoms with Crippen LogP contribution in [-0.4, -0.2) is 17.9 Å². The van der Waals surface area contributed by atoms with E-state index in [1.807, 2.05) is 0 Å². The Balaban J connectivity index is 1.67. The Morgan fingerprint density at radius 2 is 1.48 bits per heavy atom. The van der Waals surface area contributed by atoms with Crippen molar-refractivity contribution in [2.75, 3.05) is 5.32 Å². The summed E-state index contributed by atoms with van der Waals surface area (Å²) in [4.78, 5) is 24.1. The zero-order chi connectivity index (χ0) is 16.4. The molecule has 2 N–H and O–H groups in total. The first-order chi connectivity index (χ1) is 11.0. The lowest BCUT2D eigenvalue weighted by atomic mass is 10.1. The molecule has 0 saturated heterocycles. The number of carbonyl (C=O) groups excluding carboxylic acids is 2. The normalized spacial score (nSPS) is 13.5. The molecular formula is C17H14Cl2N2O2. The lowest BCUT2D eigenvalue weighted by Gasteiger charge is -2.07. The number of carbonyl (C=O) groups is 2. The molecule has 1 aliphatic rings. The molecule has 0 heterocycles. The third-order valence-corrected chi connectivity index (χ3v) is 4.24. The van der Waals surface area contributed by atoms with Crippen molar-refractivity contribution < 1.29 is 9.59 Å². The molecule has 4 nitrogen and oxygen atoms in total. The number of halogens is 2. The minimum Gasteiger partial charge on any atom is -0.349 e. The highest BCUT2D eigenvalue weighted by atomic mass is 35.5. The molecule has 2 amide bonds. The molecule has 0 atom stereocenters. The molecule has 2 aromatic rings. The first-order valence-corrected chi connectivity index (χ1v) is 7.96. The lowest BCUT2D eigenvalue weighted by Crippen LogP contribution is -2.25. The zero-order valence-electron chi connectivity index (χ0n) is 12.1. The Hall–Kier alpha value is -2.04. The molecule has 1 saturated carbocycles. The molecule has 1 fully saturated rings. The van der Waals surface area contributed by atoms with Crippen LogP contribution >= 0.6 is 23.2 Å². The van der Waals surface area contributed by atoms with Crippen molar-refractivity contribution in [3.05, 3.63) is 63.6 Å². The minimum atomic E-state index is -0.280.